The standard InChI is InChI=1S/C52H68N4O22/c1-29-49-32(55-12-16-75-51(68-3)50(55)78-49)23-40(76-29)77-34-25-52(66,24-31-42(34)48(65)44-43(46(31)63)45(62)30-5-4-6-33(67-2)41(30)47(44)64)35(57)26-74-28-37(59)54-10-14-70-18-17-69-13-9-53-36(58)27-73-22-21-72-20-19-71-15-11-56-38(60)7-8-39(56)61/h4-8,29,32,34,38,40,49-51,60,63,65-66H,9-28H2,1-3H3,(H,53,58)(H,54,59)/t29-,32?,34-,38?,40-,49?,50+,51-,52-/m0/s1. The third-order valence-electron chi connectivity index (χ3n) is 14.1. The van der Waals surface area contributed by atoms with Crippen molar-refractivity contribution in [1.29, 1.82) is 0 Å². The van der Waals surface area contributed by atoms with Crippen molar-refractivity contribution in [3.05, 3.63) is 63.7 Å². The van der Waals surface area contributed by atoms with Gasteiger partial charge in [0, 0.05) is 81.4 Å². The van der Waals surface area contributed by atoms with Crippen molar-refractivity contribution in [2.75, 3.05) is 126 Å². The van der Waals surface area contributed by atoms with E-state index in [2.05, 4.69) is 15.5 Å². The highest BCUT2D eigenvalue weighted by Crippen LogP contribution is 2.53. The van der Waals surface area contributed by atoms with E-state index in [-0.39, 0.29) is 125 Å². The van der Waals surface area contributed by atoms with E-state index in [1.807, 2.05) is 0 Å². The monoisotopic (exact) mass is 1100 g/mol. The Balaban J connectivity index is 0.759. The van der Waals surface area contributed by atoms with E-state index in [0.717, 1.165) is 0 Å². The Morgan fingerprint density at radius 2 is 1.45 bits per heavy atom. The summed E-state index contributed by atoms with van der Waals surface area (Å²) in [6, 6.07) is 4.14. The number of phenols is 2. The molecule has 2 aromatic carbocycles. The molecule has 2 aromatic rings. The van der Waals surface area contributed by atoms with Crippen LogP contribution in [-0.2, 0) is 77.7 Å². The number of amides is 3. The van der Waals surface area contributed by atoms with Gasteiger partial charge in [-0.1, -0.05) is 12.1 Å². The van der Waals surface area contributed by atoms with Gasteiger partial charge >= 0.3 is 0 Å². The second kappa shape index (κ2) is 27.1. The normalized spacial score (nSPS) is 26.3. The first-order chi connectivity index (χ1) is 37.6. The Kier molecular flexibility index (Phi) is 20.3. The molecule has 0 spiro atoms. The zero-order valence-electron chi connectivity index (χ0n) is 43.7. The van der Waals surface area contributed by atoms with E-state index in [4.69, 9.17) is 56.8 Å². The van der Waals surface area contributed by atoms with Gasteiger partial charge in [-0.25, -0.2) is 0 Å². The quantitative estimate of drug-likeness (QED) is 0.0350. The fourth-order valence-corrected chi connectivity index (χ4v) is 10.4. The van der Waals surface area contributed by atoms with Gasteiger partial charge in [0.25, 0.3) is 0 Å². The van der Waals surface area contributed by atoms with Crippen LogP contribution in [0.1, 0.15) is 68.8 Å². The maximum Gasteiger partial charge on any atom is 0.248 e. The Hall–Kier alpha value is -5.56. The van der Waals surface area contributed by atoms with E-state index in [9.17, 15) is 49.2 Å². The highest BCUT2D eigenvalue weighted by molar-refractivity contribution is 6.31. The van der Waals surface area contributed by atoms with Crippen molar-refractivity contribution < 1.29 is 106 Å². The second-order valence-corrected chi connectivity index (χ2v) is 19.1. The van der Waals surface area contributed by atoms with E-state index >= 15 is 0 Å². The summed E-state index contributed by atoms with van der Waals surface area (Å²) in [7, 11) is 2.85. The van der Waals surface area contributed by atoms with Crippen LogP contribution in [-0.4, -0.2) is 240 Å². The van der Waals surface area contributed by atoms with E-state index in [1.54, 1.807) is 6.92 Å². The molecule has 4 heterocycles. The van der Waals surface area contributed by atoms with Crippen molar-refractivity contribution in [2.24, 2.45) is 0 Å². The lowest BCUT2D eigenvalue weighted by Crippen LogP contribution is -2.55. The minimum atomic E-state index is -2.34. The first-order valence-electron chi connectivity index (χ1n) is 25.8. The molecule has 4 aliphatic heterocycles. The number of benzene rings is 2. The van der Waals surface area contributed by atoms with E-state index in [1.165, 1.54) is 49.5 Å². The van der Waals surface area contributed by atoms with Crippen molar-refractivity contribution in [2.45, 2.75) is 81.2 Å². The molecule has 26 nitrogen and oxygen atoms in total. The predicted molar refractivity (Wildman–Crippen MR) is 264 cm³/mol. The number of aliphatic hydroxyl groups is 2. The number of ether oxygens (including phenoxy) is 12. The zero-order valence-corrected chi connectivity index (χ0v) is 43.7. The number of phenolic OH excluding ortho intramolecular Hbond substituents is 2. The Labute approximate surface area is 448 Å². The van der Waals surface area contributed by atoms with Gasteiger partial charge in [0.15, 0.2) is 30.4 Å². The van der Waals surface area contributed by atoms with Crippen LogP contribution in [0.25, 0.3) is 0 Å². The molecule has 9 atom stereocenters. The van der Waals surface area contributed by atoms with E-state index in [0.29, 0.717) is 26.4 Å². The molecule has 2 aliphatic carbocycles. The Bertz CT molecular complexity index is 2530. The molecule has 428 valence electrons. The minimum Gasteiger partial charge on any atom is -0.507 e. The molecule has 0 aromatic heterocycles. The molecule has 3 unspecified atom stereocenters. The van der Waals surface area contributed by atoms with Gasteiger partial charge in [-0.3, -0.25) is 33.7 Å². The lowest BCUT2D eigenvalue weighted by Gasteiger charge is -2.43. The third-order valence-corrected chi connectivity index (χ3v) is 14.1. The molecule has 78 heavy (non-hydrogen) atoms. The number of Topliss-reactive ketones (excluding diaryl/α,β-unsaturated/α-hetero) is 1. The summed E-state index contributed by atoms with van der Waals surface area (Å²) in [4.78, 5) is 81.9. The summed E-state index contributed by atoms with van der Waals surface area (Å²) in [5.41, 5.74) is -3.83. The van der Waals surface area contributed by atoms with E-state index < -0.39 is 121 Å². The predicted octanol–water partition coefficient (Wildman–Crippen LogP) is -1.23. The van der Waals surface area contributed by atoms with Gasteiger partial charge in [0.2, 0.25) is 23.5 Å². The van der Waals surface area contributed by atoms with Gasteiger partial charge in [0.05, 0.1) is 102 Å². The topological polar surface area (TPSA) is 325 Å². The largest absolute Gasteiger partial charge is 0.507 e. The van der Waals surface area contributed by atoms with Crippen LogP contribution in [0.4, 0.5) is 0 Å². The summed E-state index contributed by atoms with van der Waals surface area (Å²) in [5.74, 6) is -4.97. The molecule has 26 heteroatoms. The first-order valence-corrected chi connectivity index (χ1v) is 25.8. The molecule has 3 amide bonds. The highest BCUT2D eigenvalue weighted by atomic mass is 16.7. The van der Waals surface area contributed by atoms with Crippen molar-refractivity contribution >= 4 is 35.1 Å². The van der Waals surface area contributed by atoms with Crippen molar-refractivity contribution in [1.82, 2.24) is 20.4 Å². The van der Waals surface area contributed by atoms with Gasteiger partial charge < -0.3 is 92.8 Å². The first kappa shape index (κ1) is 58.6. The molecule has 0 radical (unpaired) electrons. The number of fused-ring (bicyclic) bond motifs is 6. The van der Waals surface area contributed by atoms with Gasteiger partial charge in [-0.05, 0) is 19.1 Å². The third kappa shape index (κ3) is 13.4. The number of nitrogens with one attached hydrogen (secondary N) is 2. The van der Waals surface area contributed by atoms with Crippen LogP contribution in [0.3, 0.4) is 0 Å². The van der Waals surface area contributed by atoms with Crippen molar-refractivity contribution in [3.63, 3.8) is 0 Å². The van der Waals surface area contributed by atoms with Gasteiger partial charge in [-0.15, -0.1) is 0 Å². The maximum absolute atomic E-state index is 14.2. The Morgan fingerprint density at radius 1 is 0.795 bits per heavy atom. The molecular weight excluding hydrogens is 1030 g/mol. The summed E-state index contributed by atoms with van der Waals surface area (Å²) in [6.45, 7) is 3.87. The highest BCUT2D eigenvalue weighted by Gasteiger charge is 2.55. The molecule has 6 aliphatic rings. The number of rotatable bonds is 29. The number of morpholine rings is 1. The van der Waals surface area contributed by atoms with Crippen molar-refractivity contribution in [3.8, 4) is 17.2 Å². The molecule has 3 saturated heterocycles. The number of ketones is 3. The van der Waals surface area contributed by atoms with Crippen LogP contribution >= 0.6 is 0 Å². The number of nitrogens with zero attached hydrogens (tertiary/aromatic N) is 2. The number of aliphatic hydroxyl groups excluding tert-OH is 1. The molecule has 0 saturated carbocycles. The van der Waals surface area contributed by atoms with Gasteiger partial charge in [-0.2, -0.15) is 0 Å². The number of methoxy groups -OCH3 is 2. The number of carbonyl (C=O) groups is 6. The number of aromatic hydroxyl groups is 2. The smallest absolute Gasteiger partial charge is 0.248 e. The molecule has 3 fully saturated rings. The molecule has 6 N–H and O–H groups in total. The molecular formula is C52H68N4O22. The summed E-state index contributed by atoms with van der Waals surface area (Å²) in [5, 5.41) is 51.2. The number of hydrogen-bond donors (Lipinski definition) is 6. The van der Waals surface area contributed by atoms with Crippen LogP contribution < -0.4 is 15.4 Å². The summed E-state index contributed by atoms with van der Waals surface area (Å²) >= 11 is 0. The number of hydrogen-bond acceptors (Lipinski definition) is 23. The fraction of sp³-hybridized carbons (Fsp3) is 0.615. The van der Waals surface area contributed by atoms with Crippen LogP contribution in [0.2, 0.25) is 0 Å². The molecule has 0 bridgehead atoms. The lowest BCUT2D eigenvalue weighted by molar-refractivity contribution is -0.256. The minimum absolute atomic E-state index is 0.0771. The van der Waals surface area contributed by atoms with Gasteiger partial charge in [0.1, 0.15) is 55.0 Å². The summed E-state index contributed by atoms with van der Waals surface area (Å²) in [6.07, 6.45) is -3.64. The average Bonchev–Trinajstić information content (AvgIpc) is 4.06. The van der Waals surface area contributed by atoms with Crippen LogP contribution in [0, 0.1) is 0 Å². The fourth-order valence-electron chi connectivity index (χ4n) is 10.4. The maximum atomic E-state index is 14.2. The summed E-state index contributed by atoms with van der Waals surface area (Å²) < 4.78 is 68.4. The zero-order chi connectivity index (χ0) is 55.5. The Morgan fingerprint density at radius 3 is 2.12 bits per heavy atom. The SMILES string of the molecule is COc1cccc2c1C(=O)c1c(O)c3c(c(O)c1C2=O)C[C@@](O)(C(=O)COCC(=O)NCCOCCOCCNC(=O)COCCOCCOCCN1C(=O)C=CC1O)C[C@@H]3O[C@H]1CC2C(O[C@@H]3[C@@H](OC)OCCN23)[C@H](C)O1. The van der Waals surface area contributed by atoms with Crippen LogP contribution in [0.5, 0.6) is 17.2 Å². The molecule has 8 rings (SSSR count). The van der Waals surface area contributed by atoms with Crippen LogP contribution in [0.15, 0.2) is 30.4 Å². The average molecular weight is 1100 g/mol. The second-order valence-electron chi connectivity index (χ2n) is 19.1. The lowest BCUT2D eigenvalue weighted by atomic mass is 9.72. The number of carbonyl (C=O) groups excluding carboxylic acids is 6.